The number of nitrogens with one attached hydrogen (secondary N) is 5. The van der Waals surface area contributed by atoms with Crippen LogP contribution in [0, 0.1) is 41.5 Å². The van der Waals surface area contributed by atoms with E-state index in [1.165, 1.54) is 24.3 Å². The average Bonchev–Trinajstić information content (AvgIpc) is 3.29. The van der Waals surface area contributed by atoms with E-state index in [0.717, 1.165) is 22.8 Å². The van der Waals surface area contributed by atoms with E-state index in [2.05, 4.69) is 56.5 Å². The second-order valence-electron chi connectivity index (χ2n) is 17.1. The Morgan fingerprint density at radius 1 is 0.595 bits per heavy atom. The lowest BCUT2D eigenvalue weighted by Gasteiger charge is -2.21. The van der Waals surface area contributed by atoms with Gasteiger partial charge >= 0.3 is 0 Å². The van der Waals surface area contributed by atoms with E-state index in [0.29, 0.717) is 57.3 Å². The van der Waals surface area contributed by atoms with E-state index >= 15 is 0 Å². The van der Waals surface area contributed by atoms with Crippen molar-refractivity contribution in [1.82, 2.24) is 29.9 Å². The molecule has 0 spiro atoms. The van der Waals surface area contributed by atoms with E-state index < -0.39 is 45.9 Å². The van der Waals surface area contributed by atoms with Crippen LogP contribution in [0.1, 0.15) is 40.3 Å². The van der Waals surface area contributed by atoms with Gasteiger partial charge in [-0.2, -0.15) is 55.2 Å². The summed E-state index contributed by atoms with van der Waals surface area (Å²) in [6.07, 6.45) is 0. The van der Waals surface area contributed by atoms with E-state index in [4.69, 9.17) is 25.4 Å². The highest BCUT2D eigenvalue weighted by atomic mass is 32.2. The van der Waals surface area contributed by atoms with Crippen molar-refractivity contribution < 1.29 is 43.3 Å². The molecule has 4 aromatic carbocycles. The fourth-order valence-corrected chi connectivity index (χ4v) is 10.3. The molecule has 0 saturated carbocycles. The first kappa shape index (κ1) is 52.2. The highest BCUT2D eigenvalue weighted by molar-refractivity contribution is 7.86. The molecule has 1 aliphatic carbocycles. The van der Waals surface area contributed by atoms with Gasteiger partial charge in [-0.3, -0.25) is 13.7 Å². The van der Waals surface area contributed by atoms with Crippen LogP contribution >= 0.6 is 0 Å². The van der Waals surface area contributed by atoms with Crippen LogP contribution in [0.2, 0.25) is 0 Å². The van der Waals surface area contributed by atoms with Gasteiger partial charge in [0.25, 0.3) is 30.4 Å². The molecule has 8 rings (SSSR count). The van der Waals surface area contributed by atoms with Crippen molar-refractivity contribution in [3.8, 4) is 22.5 Å². The summed E-state index contributed by atoms with van der Waals surface area (Å²) in [5.74, 6) is -0.425. The maximum atomic E-state index is 13.4. The molecule has 12 N–H and O–H groups in total. The molecule has 0 atom stereocenters. The smallest absolute Gasteiger partial charge is 0.296 e. The fraction of sp³-hybridized carbons (Fsp3) is 0.213. The van der Waals surface area contributed by atoms with E-state index in [9.17, 15) is 34.4 Å². The van der Waals surface area contributed by atoms with Gasteiger partial charge in [0.15, 0.2) is 0 Å². The number of nitrogens with zero attached hydrogens (tertiary/aromatic N) is 7. The Morgan fingerprint density at radius 3 is 1.74 bits per heavy atom. The minimum Gasteiger partial charge on any atom is -0.456 e. The van der Waals surface area contributed by atoms with Crippen LogP contribution in [0.4, 0.5) is 64.1 Å². The van der Waals surface area contributed by atoms with Gasteiger partial charge in [0, 0.05) is 70.0 Å². The van der Waals surface area contributed by atoms with Gasteiger partial charge in [-0.15, -0.1) is 0 Å². The Balaban J connectivity index is 1.30. The summed E-state index contributed by atoms with van der Waals surface area (Å²) < 4.78 is 112. The Labute approximate surface area is 424 Å². The van der Waals surface area contributed by atoms with Crippen LogP contribution in [0.25, 0.3) is 33.4 Å². The van der Waals surface area contributed by atoms with E-state index in [1.54, 1.807) is 51.1 Å². The van der Waals surface area contributed by atoms with Crippen molar-refractivity contribution in [3.05, 3.63) is 105 Å². The monoisotopic (exact) mass is 1070 g/mol. The molecule has 0 unspecified atom stereocenters. The third kappa shape index (κ3) is 11.3. The van der Waals surface area contributed by atoms with Gasteiger partial charge in [0.05, 0.1) is 16.8 Å². The molecule has 74 heavy (non-hydrogen) atoms. The number of anilines is 10. The quantitative estimate of drug-likeness (QED) is 0.0335. The summed E-state index contributed by atoms with van der Waals surface area (Å²) in [6.45, 7) is 13.2. The van der Waals surface area contributed by atoms with Gasteiger partial charge in [0.2, 0.25) is 35.7 Å². The molecule has 0 radical (unpaired) electrons. The molecular formula is C47H50N14O10S3. The van der Waals surface area contributed by atoms with Crippen molar-refractivity contribution in [2.24, 2.45) is 4.99 Å². The molecule has 2 aliphatic rings. The normalized spacial score (nSPS) is 12.3. The molecule has 386 valence electrons. The lowest BCUT2D eigenvalue weighted by Crippen LogP contribution is -2.17. The summed E-state index contributed by atoms with van der Waals surface area (Å²) in [5, 5.41) is 15.6. The molecule has 0 saturated heterocycles. The minimum absolute atomic E-state index is 0.00128. The number of hydrogen-bond donors (Lipinski definition) is 10. The van der Waals surface area contributed by atoms with Crippen LogP contribution in [-0.2, 0) is 30.4 Å². The molecule has 3 heterocycles. The SMILES string of the molecule is CCNc1nc(N)nc(Nc2c(C)cc(C)c(Nc3ccc4c(-c5ccccc5S(=O)(=O)O)c5cc(S(=O)(=O)O)/c(=N\c6c(C)cc(C)c(Nc7nc(N)nc(NCCS(=O)(=O)O)n7)c6C)cc-5oc4c3)c2C)n1. The summed E-state index contributed by atoms with van der Waals surface area (Å²) in [5.41, 5.74) is 19.3. The van der Waals surface area contributed by atoms with Crippen LogP contribution < -0.4 is 43.4 Å². The second-order valence-corrected chi connectivity index (χ2v) is 21.5. The van der Waals surface area contributed by atoms with E-state index in [1.807, 2.05) is 33.8 Å². The molecule has 24 nitrogen and oxygen atoms in total. The summed E-state index contributed by atoms with van der Waals surface area (Å²) in [6, 6.07) is 16.9. The van der Waals surface area contributed by atoms with Gasteiger partial charge in [-0.05, 0) is 106 Å². The van der Waals surface area contributed by atoms with Crippen molar-refractivity contribution in [2.45, 2.75) is 58.3 Å². The minimum atomic E-state index is -5.09. The maximum Gasteiger partial charge on any atom is 0.296 e. The Hall–Kier alpha value is -8.08. The average molecular weight is 1070 g/mol. The lowest BCUT2D eigenvalue weighted by molar-refractivity contribution is 0.480. The first-order valence-corrected chi connectivity index (χ1v) is 26.9. The van der Waals surface area contributed by atoms with E-state index in [-0.39, 0.29) is 75.4 Å². The predicted molar refractivity (Wildman–Crippen MR) is 282 cm³/mol. The zero-order chi connectivity index (χ0) is 53.6. The molecule has 0 bridgehead atoms. The number of rotatable bonds is 16. The maximum absolute atomic E-state index is 13.4. The van der Waals surface area contributed by atoms with Crippen molar-refractivity contribution >= 4 is 105 Å². The molecular weight excluding hydrogens is 1020 g/mol. The first-order chi connectivity index (χ1) is 34.8. The highest BCUT2D eigenvalue weighted by Gasteiger charge is 2.27. The number of fused-ring (bicyclic) bond motifs is 2. The molecule has 27 heteroatoms. The predicted octanol–water partition coefficient (Wildman–Crippen LogP) is 7.28. The lowest BCUT2D eigenvalue weighted by atomic mass is 9.93. The third-order valence-corrected chi connectivity index (χ3v) is 14.2. The van der Waals surface area contributed by atoms with Crippen molar-refractivity contribution in [2.75, 3.05) is 56.9 Å². The van der Waals surface area contributed by atoms with Crippen LogP contribution in [-0.4, -0.2) is 87.7 Å². The second kappa shape index (κ2) is 20.1. The Bertz CT molecular complexity index is 3970. The molecule has 0 amide bonds. The number of aromatic nitrogens is 6. The number of benzene rings is 5. The van der Waals surface area contributed by atoms with Crippen LogP contribution in [0.3, 0.4) is 0 Å². The number of nitrogens with two attached hydrogens (primary N) is 2. The molecule has 0 fully saturated rings. The highest BCUT2D eigenvalue weighted by Crippen LogP contribution is 2.45. The zero-order valence-electron chi connectivity index (χ0n) is 40.7. The molecule has 6 aromatic rings. The van der Waals surface area contributed by atoms with Crippen molar-refractivity contribution in [3.63, 3.8) is 0 Å². The van der Waals surface area contributed by atoms with Crippen LogP contribution in [0.5, 0.6) is 0 Å². The number of nitrogen functional groups attached to an aromatic ring is 2. The largest absolute Gasteiger partial charge is 0.456 e. The molecule has 1 aliphatic heterocycles. The standard InChI is InChI=1S/C47H50N14O10S3/c1-8-50-44-56-42(48)58-46(60-44)54-40-24(4)17-22(2)38(26(40)6)52-28-13-14-29-33(19-28)71-34-21-32(36(74(68,69)70)20-31(34)37(29)30-11-9-10-12-35(30)73(65,66)67)53-39-23(3)18-25(5)41(27(39)7)55-47-59-43(49)57-45(61-47)51-15-16-72(62,63)64/h9-14,17-21,52H,8,15-16H2,1-7H3,(H,62,63,64)(H,65,66,67)(H,68,69,70)(H4,48,50,54,56,58,60)(H4,49,51,55,57,59,61)/b53-32-. The van der Waals surface area contributed by atoms with Gasteiger partial charge in [-0.1, -0.05) is 30.3 Å². The van der Waals surface area contributed by atoms with Crippen molar-refractivity contribution in [1.29, 1.82) is 0 Å². The summed E-state index contributed by atoms with van der Waals surface area (Å²) >= 11 is 0. The zero-order valence-corrected chi connectivity index (χ0v) is 43.1. The third-order valence-electron chi connectivity index (χ3n) is 11.7. The first-order valence-electron chi connectivity index (χ1n) is 22.4. The van der Waals surface area contributed by atoms with Gasteiger partial charge < -0.3 is 42.5 Å². The van der Waals surface area contributed by atoms with Gasteiger partial charge in [0.1, 0.15) is 21.1 Å². The Morgan fingerprint density at radius 2 is 1.15 bits per heavy atom. The fourth-order valence-electron chi connectivity index (χ4n) is 8.57. The van der Waals surface area contributed by atoms with Gasteiger partial charge in [-0.25, -0.2) is 4.99 Å². The Kier molecular flexibility index (Phi) is 14.2. The molecule has 2 aromatic heterocycles. The summed E-state index contributed by atoms with van der Waals surface area (Å²) in [7, 11) is -14.3. The number of aryl methyl sites for hydroxylation is 4. The summed E-state index contributed by atoms with van der Waals surface area (Å²) in [4.78, 5) is 28.9. The number of hydrogen-bond acceptors (Lipinski definition) is 21. The topological polar surface area (TPSA) is 378 Å². The van der Waals surface area contributed by atoms with Crippen LogP contribution in [0.15, 0.2) is 85.9 Å².